The van der Waals surface area contributed by atoms with Gasteiger partial charge in [0.2, 0.25) is 0 Å². The summed E-state index contributed by atoms with van der Waals surface area (Å²) < 4.78 is 5.72. The first-order valence-electron chi connectivity index (χ1n) is 10.8. The van der Waals surface area contributed by atoms with E-state index in [1.165, 1.54) is 0 Å². The Labute approximate surface area is 199 Å². The molecule has 0 aliphatic carbocycles. The molecule has 3 N–H and O–H groups in total. The lowest BCUT2D eigenvalue weighted by molar-refractivity contribution is 0.122. The molecule has 2 atom stereocenters. The SMILES string of the molecule is CCNC(=NCC(C)N1CCN(C)CC1)NCC(O)c1cccc(OC(C)C)c1.I. The van der Waals surface area contributed by atoms with Gasteiger partial charge in [0.15, 0.2) is 5.96 Å². The van der Waals surface area contributed by atoms with Crippen LogP contribution in [-0.2, 0) is 0 Å². The van der Waals surface area contributed by atoms with Crippen LogP contribution in [0.25, 0.3) is 0 Å². The monoisotopic (exact) mass is 533 g/mol. The first-order valence-corrected chi connectivity index (χ1v) is 10.8. The first-order chi connectivity index (χ1) is 13.9. The fourth-order valence-corrected chi connectivity index (χ4v) is 3.32. The number of ether oxygens (including phenoxy) is 1. The Hall–Kier alpha value is -1.10. The number of hydrogen-bond acceptors (Lipinski definition) is 5. The first kappa shape index (κ1) is 26.9. The standard InChI is InChI=1S/C22H39N5O2.HI/c1-6-23-22(24-15-18(4)27-12-10-26(5)11-13-27)25-16-21(28)19-8-7-9-20(14-19)29-17(2)3;/h7-9,14,17-18,21,28H,6,10-13,15-16H2,1-5H3,(H2,23,24,25);1H. The Morgan fingerprint density at radius 3 is 2.50 bits per heavy atom. The number of aliphatic imine (C=N–C) groups is 1. The Bertz CT molecular complexity index is 636. The molecule has 2 rings (SSSR count). The van der Waals surface area contributed by atoms with Gasteiger partial charge in [-0.1, -0.05) is 12.1 Å². The van der Waals surface area contributed by atoms with Gasteiger partial charge in [0, 0.05) is 45.3 Å². The van der Waals surface area contributed by atoms with E-state index in [1.54, 1.807) is 0 Å². The molecule has 172 valence electrons. The van der Waals surface area contributed by atoms with E-state index in [1.807, 2.05) is 45.0 Å². The largest absolute Gasteiger partial charge is 0.491 e. The molecule has 1 aliphatic rings. The minimum atomic E-state index is -0.635. The van der Waals surface area contributed by atoms with Crippen LogP contribution in [0.2, 0.25) is 0 Å². The summed E-state index contributed by atoms with van der Waals surface area (Å²) in [6.07, 6.45) is -0.528. The van der Waals surface area contributed by atoms with Crippen molar-refractivity contribution in [3.8, 4) is 5.75 Å². The van der Waals surface area contributed by atoms with Gasteiger partial charge in [-0.3, -0.25) is 9.89 Å². The van der Waals surface area contributed by atoms with Crippen LogP contribution in [0.1, 0.15) is 39.4 Å². The van der Waals surface area contributed by atoms with Crippen LogP contribution >= 0.6 is 24.0 Å². The second kappa shape index (κ2) is 14.1. The number of nitrogens with one attached hydrogen (secondary N) is 2. The van der Waals surface area contributed by atoms with E-state index in [0.717, 1.165) is 56.5 Å². The van der Waals surface area contributed by atoms with Crippen LogP contribution in [0, 0.1) is 0 Å². The van der Waals surface area contributed by atoms with Crippen LogP contribution in [0.5, 0.6) is 5.75 Å². The number of benzene rings is 1. The molecular formula is C22H40IN5O2. The van der Waals surface area contributed by atoms with Crippen LogP contribution < -0.4 is 15.4 Å². The van der Waals surface area contributed by atoms with Crippen LogP contribution in [0.15, 0.2) is 29.3 Å². The molecule has 8 heteroatoms. The van der Waals surface area contributed by atoms with Crippen molar-refractivity contribution >= 4 is 29.9 Å². The number of rotatable bonds is 9. The summed E-state index contributed by atoms with van der Waals surface area (Å²) in [4.78, 5) is 9.58. The highest BCUT2D eigenvalue weighted by atomic mass is 127. The van der Waals surface area contributed by atoms with Crippen molar-refractivity contribution in [2.24, 2.45) is 4.99 Å². The minimum absolute atomic E-state index is 0. The molecule has 0 bridgehead atoms. The van der Waals surface area contributed by atoms with Gasteiger partial charge in [-0.15, -0.1) is 24.0 Å². The normalized spacial score (nSPS) is 17.9. The zero-order chi connectivity index (χ0) is 21.2. The Kier molecular flexibility index (Phi) is 12.6. The number of hydrogen-bond donors (Lipinski definition) is 3. The van der Waals surface area contributed by atoms with Crippen molar-refractivity contribution in [2.45, 2.75) is 45.9 Å². The van der Waals surface area contributed by atoms with Crippen LogP contribution in [0.4, 0.5) is 0 Å². The molecule has 0 spiro atoms. The predicted molar refractivity (Wildman–Crippen MR) is 135 cm³/mol. The van der Waals surface area contributed by atoms with Crippen molar-refractivity contribution in [1.82, 2.24) is 20.4 Å². The minimum Gasteiger partial charge on any atom is -0.491 e. The van der Waals surface area contributed by atoms with E-state index in [9.17, 15) is 5.11 Å². The molecule has 1 heterocycles. The molecule has 2 unspecified atom stereocenters. The van der Waals surface area contributed by atoms with Crippen molar-refractivity contribution in [3.63, 3.8) is 0 Å². The summed E-state index contributed by atoms with van der Waals surface area (Å²) in [6, 6.07) is 8.03. The number of nitrogens with zero attached hydrogens (tertiary/aromatic N) is 3. The van der Waals surface area contributed by atoms with Gasteiger partial charge in [-0.2, -0.15) is 0 Å². The average molecular weight is 533 g/mol. The summed E-state index contributed by atoms with van der Waals surface area (Å²) in [7, 11) is 2.17. The van der Waals surface area contributed by atoms with Gasteiger partial charge >= 0.3 is 0 Å². The van der Waals surface area contributed by atoms with Gasteiger partial charge in [0.05, 0.1) is 18.8 Å². The van der Waals surface area contributed by atoms with E-state index >= 15 is 0 Å². The number of aliphatic hydroxyl groups excluding tert-OH is 1. The van der Waals surface area contributed by atoms with Gasteiger partial charge in [0.1, 0.15) is 5.75 Å². The smallest absolute Gasteiger partial charge is 0.191 e. The molecule has 7 nitrogen and oxygen atoms in total. The van der Waals surface area contributed by atoms with Crippen LogP contribution in [0.3, 0.4) is 0 Å². The molecule has 0 aromatic heterocycles. The fraction of sp³-hybridized carbons (Fsp3) is 0.682. The third-order valence-corrected chi connectivity index (χ3v) is 5.10. The molecule has 1 aromatic rings. The van der Waals surface area contributed by atoms with E-state index in [0.29, 0.717) is 12.6 Å². The summed E-state index contributed by atoms with van der Waals surface area (Å²) >= 11 is 0. The lowest BCUT2D eigenvalue weighted by atomic mass is 10.1. The molecule has 1 saturated heterocycles. The fourth-order valence-electron chi connectivity index (χ4n) is 3.32. The van der Waals surface area contributed by atoms with Crippen LogP contribution in [-0.4, -0.2) is 85.9 Å². The van der Waals surface area contributed by atoms with Gasteiger partial charge in [-0.25, -0.2) is 0 Å². The molecule has 1 fully saturated rings. The summed E-state index contributed by atoms with van der Waals surface area (Å²) in [5.41, 5.74) is 0.831. The number of piperazine rings is 1. The number of aliphatic hydroxyl groups is 1. The van der Waals surface area contributed by atoms with Gasteiger partial charge in [-0.05, 0) is 52.4 Å². The van der Waals surface area contributed by atoms with Crippen molar-refractivity contribution < 1.29 is 9.84 Å². The Morgan fingerprint density at radius 1 is 1.17 bits per heavy atom. The molecule has 0 radical (unpaired) electrons. The van der Waals surface area contributed by atoms with Crippen molar-refractivity contribution in [2.75, 3.05) is 52.9 Å². The van der Waals surface area contributed by atoms with E-state index in [4.69, 9.17) is 9.73 Å². The number of likely N-dealkylation sites (N-methyl/N-ethyl adjacent to an activating group) is 1. The Morgan fingerprint density at radius 2 is 1.87 bits per heavy atom. The lowest BCUT2D eigenvalue weighted by Gasteiger charge is -2.35. The molecule has 1 aliphatic heterocycles. The summed E-state index contributed by atoms with van der Waals surface area (Å²) in [6.45, 7) is 14.6. The summed E-state index contributed by atoms with van der Waals surface area (Å²) in [5, 5.41) is 17.1. The Balaban J connectivity index is 0.00000450. The third-order valence-electron chi connectivity index (χ3n) is 5.10. The molecule has 0 saturated carbocycles. The highest BCUT2D eigenvalue weighted by Crippen LogP contribution is 2.20. The quantitative estimate of drug-likeness (QED) is 0.257. The maximum atomic E-state index is 10.6. The molecule has 30 heavy (non-hydrogen) atoms. The molecule has 0 amide bonds. The lowest BCUT2D eigenvalue weighted by Crippen LogP contribution is -2.49. The van der Waals surface area contributed by atoms with Crippen molar-refractivity contribution in [1.29, 1.82) is 0 Å². The number of guanidine groups is 1. The second-order valence-corrected chi connectivity index (χ2v) is 8.04. The van der Waals surface area contributed by atoms with E-state index in [-0.39, 0.29) is 30.1 Å². The third kappa shape index (κ3) is 9.36. The zero-order valence-electron chi connectivity index (χ0n) is 19.1. The highest BCUT2D eigenvalue weighted by molar-refractivity contribution is 14.0. The maximum absolute atomic E-state index is 10.6. The zero-order valence-corrected chi connectivity index (χ0v) is 21.4. The topological polar surface area (TPSA) is 72.4 Å². The predicted octanol–water partition coefficient (Wildman–Crippen LogP) is 2.32. The average Bonchev–Trinajstić information content (AvgIpc) is 2.69. The second-order valence-electron chi connectivity index (χ2n) is 8.04. The highest BCUT2D eigenvalue weighted by Gasteiger charge is 2.19. The van der Waals surface area contributed by atoms with Crippen molar-refractivity contribution in [3.05, 3.63) is 29.8 Å². The molecular weight excluding hydrogens is 493 g/mol. The van der Waals surface area contributed by atoms with Gasteiger partial charge < -0.3 is 25.4 Å². The van der Waals surface area contributed by atoms with Gasteiger partial charge in [0.25, 0.3) is 0 Å². The number of halogens is 1. The van der Waals surface area contributed by atoms with E-state index in [2.05, 4.69) is 34.4 Å². The summed E-state index contributed by atoms with van der Waals surface area (Å²) in [5.74, 6) is 1.51. The maximum Gasteiger partial charge on any atom is 0.191 e. The molecule has 1 aromatic carbocycles. The van der Waals surface area contributed by atoms with E-state index < -0.39 is 6.10 Å².